The number of halogens is 1. The minimum absolute atomic E-state index is 0.0575. The van der Waals surface area contributed by atoms with Crippen LogP contribution in [0.25, 0.3) is 11.6 Å². The van der Waals surface area contributed by atoms with Crippen molar-refractivity contribution < 1.29 is 9.15 Å². The van der Waals surface area contributed by atoms with E-state index in [4.69, 9.17) is 33.0 Å². The van der Waals surface area contributed by atoms with Crippen LogP contribution >= 0.6 is 23.8 Å². The second-order valence-corrected chi connectivity index (χ2v) is 6.04. The molecule has 2 heterocycles. The van der Waals surface area contributed by atoms with Gasteiger partial charge in [0.05, 0.1) is 23.6 Å². The Morgan fingerprint density at radius 1 is 1.42 bits per heavy atom. The van der Waals surface area contributed by atoms with Crippen LogP contribution < -0.4 is 4.74 Å². The van der Waals surface area contributed by atoms with Crippen molar-refractivity contribution in [3.05, 3.63) is 52.0 Å². The molecule has 2 aromatic heterocycles. The van der Waals surface area contributed by atoms with Crippen LogP contribution in [0.2, 0.25) is 5.02 Å². The third-order valence-electron chi connectivity index (χ3n) is 3.03. The Bertz CT molecular complexity index is 913. The largest absolute Gasteiger partial charge is 0.489 e. The lowest BCUT2D eigenvalue weighted by molar-refractivity contribution is 0.242. The Hall–Kier alpha value is -2.38. The average molecular weight is 363 g/mol. The molecule has 0 saturated heterocycles. The molecule has 0 aliphatic rings. The molecule has 0 bridgehead atoms. The molecule has 0 fully saturated rings. The average Bonchev–Trinajstić information content (AvgIpc) is 3.17. The van der Waals surface area contributed by atoms with E-state index in [9.17, 15) is 0 Å². The van der Waals surface area contributed by atoms with Crippen LogP contribution in [0.3, 0.4) is 0 Å². The Morgan fingerprint density at radius 3 is 2.92 bits per heavy atom. The van der Waals surface area contributed by atoms with Crippen molar-refractivity contribution in [2.75, 3.05) is 0 Å². The van der Waals surface area contributed by atoms with Gasteiger partial charge in [0.2, 0.25) is 10.6 Å². The number of furan rings is 1. The first-order chi connectivity index (χ1) is 11.5. The number of benzene rings is 1. The Kier molecular flexibility index (Phi) is 4.82. The molecule has 0 radical (unpaired) electrons. The monoisotopic (exact) mass is 362 g/mol. The van der Waals surface area contributed by atoms with Gasteiger partial charge in [-0.1, -0.05) is 11.6 Å². The molecular weight excluding hydrogens is 348 g/mol. The van der Waals surface area contributed by atoms with Gasteiger partial charge in [0.25, 0.3) is 0 Å². The fourth-order valence-corrected chi connectivity index (χ4v) is 2.45. The Labute approximate surface area is 148 Å². The maximum Gasteiger partial charge on any atom is 0.219 e. The lowest BCUT2D eigenvalue weighted by atomic mass is 10.2. The van der Waals surface area contributed by atoms with Gasteiger partial charge in [0.15, 0.2) is 5.76 Å². The fraction of sp³-hybridized carbons (Fsp3) is 0.188. The summed E-state index contributed by atoms with van der Waals surface area (Å²) in [6.07, 6.45) is 3.26. The van der Waals surface area contributed by atoms with E-state index in [1.54, 1.807) is 30.7 Å². The Balaban J connectivity index is 1.88. The third-order valence-corrected chi connectivity index (χ3v) is 3.59. The third kappa shape index (κ3) is 3.58. The van der Waals surface area contributed by atoms with Gasteiger partial charge in [-0.3, -0.25) is 0 Å². The van der Waals surface area contributed by atoms with Crippen molar-refractivity contribution >= 4 is 30.0 Å². The van der Waals surface area contributed by atoms with E-state index in [-0.39, 0.29) is 6.10 Å². The zero-order chi connectivity index (χ0) is 17.1. The molecule has 0 atom stereocenters. The van der Waals surface area contributed by atoms with E-state index in [1.165, 1.54) is 4.68 Å². The molecule has 8 heteroatoms. The van der Waals surface area contributed by atoms with E-state index in [0.29, 0.717) is 27.1 Å². The molecule has 24 heavy (non-hydrogen) atoms. The summed E-state index contributed by atoms with van der Waals surface area (Å²) in [5.41, 5.74) is 0.810. The van der Waals surface area contributed by atoms with E-state index in [2.05, 4.69) is 15.3 Å². The summed E-state index contributed by atoms with van der Waals surface area (Å²) >= 11 is 11.4. The highest BCUT2D eigenvalue weighted by atomic mass is 35.5. The Morgan fingerprint density at radius 2 is 2.25 bits per heavy atom. The van der Waals surface area contributed by atoms with Gasteiger partial charge in [-0.05, 0) is 62.0 Å². The lowest BCUT2D eigenvalue weighted by Gasteiger charge is -2.11. The maximum atomic E-state index is 6.23. The predicted molar refractivity (Wildman–Crippen MR) is 95.3 cm³/mol. The minimum atomic E-state index is 0.0575. The molecule has 6 nitrogen and oxygen atoms in total. The summed E-state index contributed by atoms with van der Waals surface area (Å²) in [5, 5.41) is 11.7. The summed E-state index contributed by atoms with van der Waals surface area (Å²) in [7, 11) is 0. The topological polar surface area (TPSA) is 68.3 Å². The smallest absolute Gasteiger partial charge is 0.219 e. The van der Waals surface area contributed by atoms with E-state index in [1.807, 2.05) is 26.0 Å². The predicted octanol–water partition coefficient (Wildman–Crippen LogP) is 4.52. The standard InChI is InChI=1S/C16H15ClN4O2S/c1-10(2)23-13-6-5-11(8-12(13)17)9-18-21-15(19-20-16(21)24)14-4-3-7-22-14/h3-10H,1-2H3,(H,20,24)/b18-9-. The number of hydrogen-bond donors (Lipinski definition) is 1. The number of nitrogens with zero attached hydrogens (tertiary/aromatic N) is 3. The van der Waals surface area contributed by atoms with Crippen molar-refractivity contribution in [3.63, 3.8) is 0 Å². The van der Waals surface area contributed by atoms with Crippen molar-refractivity contribution in [2.24, 2.45) is 5.10 Å². The number of aromatic amines is 1. The molecule has 0 aliphatic carbocycles. The van der Waals surface area contributed by atoms with Crippen LogP contribution in [0.15, 0.2) is 46.1 Å². The van der Waals surface area contributed by atoms with Crippen LogP contribution in [0, 0.1) is 4.77 Å². The van der Waals surface area contributed by atoms with Crippen molar-refractivity contribution in [3.8, 4) is 17.3 Å². The SMILES string of the molecule is CC(C)Oc1ccc(/C=N\n2c(-c3ccco3)n[nH]c2=S)cc1Cl. The van der Waals surface area contributed by atoms with E-state index >= 15 is 0 Å². The molecule has 1 N–H and O–H groups in total. The quantitative estimate of drug-likeness (QED) is 0.535. The maximum absolute atomic E-state index is 6.23. The van der Waals surface area contributed by atoms with Crippen LogP contribution in [-0.2, 0) is 0 Å². The van der Waals surface area contributed by atoms with Gasteiger partial charge in [-0.2, -0.15) is 9.78 Å². The molecule has 124 valence electrons. The summed E-state index contributed by atoms with van der Waals surface area (Å²) in [6, 6.07) is 9.01. The zero-order valence-corrected chi connectivity index (χ0v) is 14.6. The molecule has 0 aliphatic heterocycles. The van der Waals surface area contributed by atoms with Gasteiger partial charge in [0, 0.05) is 0 Å². The highest BCUT2D eigenvalue weighted by molar-refractivity contribution is 7.71. The first-order valence-corrected chi connectivity index (χ1v) is 8.05. The summed E-state index contributed by atoms with van der Waals surface area (Å²) in [5.74, 6) is 1.70. The number of H-pyrrole nitrogens is 1. The second kappa shape index (κ2) is 7.02. The molecule has 3 aromatic rings. The summed E-state index contributed by atoms with van der Waals surface area (Å²) in [6.45, 7) is 3.89. The number of ether oxygens (including phenoxy) is 1. The van der Waals surface area contributed by atoms with Gasteiger partial charge < -0.3 is 9.15 Å². The first kappa shape index (κ1) is 16.5. The minimum Gasteiger partial charge on any atom is -0.489 e. The van der Waals surface area contributed by atoms with E-state index in [0.717, 1.165) is 5.56 Å². The highest BCUT2D eigenvalue weighted by Gasteiger charge is 2.10. The van der Waals surface area contributed by atoms with Crippen LogP contribution in [0.4, 0.5) is 0 Å². The number of rotatable bonds is 5. The highest BCUT2D eigenvalue weighted by Crippen LogP contribution is 2.26. The second-order valence-electron chi connectivity index (χ2n) is 5.24. The normalized spacial score (nSPS) is 11.5. The summed E-state index contributed by atoms with van der Waals surface area (Å²) in [4.78, 5) is 0. The summed E-state index contributed by atoms with van der Waals surface area (Å²) < 4.78 is 12.8. The molecular formula is C16H15ClN4O2S. The first-order valence-electron chi connectivity index (χ1n) is 7.26. The van der Waals surface area contributed by atoms with Crippen molar-refractivity contribution in [1.82, 2.24) is 14.9 Å². The van der Waals surface area contributed by atoms with Gasteiger partial charge in [-0.25, -0.2) is 5.10 Å². The molecule has 1 aromatic carbocycles. The van der Waals surface area contributed by atoms with Gasteiger partial charge in [-0.15, -0.1) is 5.10 Å². The molecule has 0 spiro atoms. The van der Waals surface area contributed by atoms with Crippen LogP contribution in [-0.4, -0.2) is 27.2 Å². The number of aromatic nitrogens is 3. The van der Waals surface area contributed by atoms with Gasteiger partial charge in [0.1, 0.15) is 5.75 Å². The number of hydrogen-bond acceptors (Lipinski definition) is 5. The van der Waals surface area contributed by atoms with Crippen molar-refractivity contribution in [1.29, 1.82) is 0 Å². The molecule has 0 unspecified atom stereocenters. The van der Waals surface area contributed by atoms with Crippen LogP contribution in [0.1, 0.15) is 19.4 Å². The molecule has 3 rings (SSSR count). The molecule has 0 amide bonds. The van der Waals surface area contributed by atoms with Crippen molar-refractivity contribution in [2.45, 2.75) is 20.0 Å². The number of nitrogens with one attached hydrogen (secondary N) is 1. The fourth-order valence-electron chi connectivity index (χ4n) is 2.04. The molecule has 0 saturated carbocycles. The lowest BCUT2D eigenvalue weighted by Crippen LogP contribution is -2.06. The zero-order valence-electron chi connectivity index (χ0n) is 13.1. The van der Waals surface area contributed by atoms with E-state index < -0.39 is 0 Å². The van der Waals surface area contributed by atoms with Gasteiger partial charge >= 0.3 is 0 Å². The van der Waals surface area contributed by atoms with Crippen LogP contribution in [0.5, 0.6) is 5.75 Å².